The van der Waals surface area contributed by atoms with Crippen LogP contribution in [-0.2, 0) is 11.2 Å². The highest BCUT2D eigenvalue weighted by molar-refractivity contribution is 5.79. The normalized spacial score (nSPS) is 25.6. The standard InChI is InChI=1S/C17H22F3N3O2/c1-21-4-6-22(7-5-21)13-9-23(10-14(13)24)15(25)8-11-2-3-12(18)17(20)16(11)19/h2-3,13-14,24H,4-10H2,1H3/t13-,14-/m0/s1. The van der Waals surface area contributed by atoms with E-state index < -0.39 is 29.5 Å². The number of piperazine rings is 1. The van der Waals surface area contributed by atoms with Crippen LogP contribution in [0.25, 0.3) is 0 Å². The number of benzene rings is 1. The van der Waals surface area contributed by atoms with Crippen molar-refractivity contribution in [1.82, 2.24) is 14.7 Å². The van der Waals surface area contributed by atoms with Crippen LogP contribution in [0, 0.1) is 17.5 Å². The van der Waals surface area contributed by atoms with Gasteiger partial charge in [0.2, 0.25) is 5.91 Å². The molecule has 0 spiro atoms. The Hall–Kier alpha value is -1.64. The fraction of sp³-hybridized carbons (Fsp3) is 0.588. The number of aliphatic hydroxyl groups excluding tert-OH is 1. The summed E-state index contributed by atoms with van der Waals surface area (Å²) in [7, 11) is 2.04. The fourth-order valence-corrected chi connectivity index (χ4v) is 3.46. The molecule has 0 unspecified atom stereocenters. The SMILES string of the molecule is CN1CCN([C@H]2CN(C(=O)Cc3ccc(F)c(F)c3F)C[C@@H]2O)CC1. The summed E-state index contributed by atoms with van der Waals surface area (Å²) in [6.07, 6.45) is -1.02. The van der Waals surface area contributed by atoms with Gasteiger partial charge in [0.05, 0.1) is 18.6 Å². The largest absolute Gasteiger partial charge is 0.390 e. The first-order chi connectivity index (χ1) is 11.9. The Morgan fingerprint density at radius 3 is 2.48 bits per heavy atom. The molecule has 138 valence electrons. The molecule has 1 aromatic carbocycles. The summed E-state index contributed by atoms with van der Waals surface area (Å²) in [6.45, 7) is 3.96. The number of hydrogen-bond acceptors (Lipinski definition) is 4. The number of likely N-dealkylation sites (tertiary alicyclic amines) is 1. The van der Waals surface area contributed by atoms with E-state index in [9.17, 15) is 23.1 Å². The Bertz CT molecular complexity index is 650. The Kier molecular flexibility index (Phi) is 5.31. The fourth-order valence-electron chi connectivity index (χ4n) is 3.46. The number of nitrogens with zero attached hydrogens (tertiary/aromatic N) is 3. The van der Waals surface area contributed by atoms with Crippen molar-refractivity contribution in [1.29, 1.82) is 0 Å². The predicted octanol–water partition coefficient (Wildman–Crippen LogP) is 0.466. The van der Waals surface area contributed by atoms with E-state index in [1.54, 1.807) is 0 Å². The van der Waals surface area contributed by atoms with Crippen molar-refractivity contribution < 1.29 is 23.1 Å². The zero-order valence-corrected chi connectivity index (χ0v) is 14.1. The molecule has 2 aliphatic heterocycles. The van der Waals surface area contributed by atoms with Crippen LogP contribution in [0.4, 0.5) is 13.2 Å². The second kappa shape index (κ2) is 7.31. The van der Waals surface area contributed by atoms with Gasteiger partial charge >= 0.3 is 0 Å². The van der Waals surface area contributed by atoms with Gasteiger partial charge < -0.3 is 14.9 Å². The van der Waals surface area contributed by atoms with Crippen LogP contribution in [0.2, 0.25) is 0 Å². The highest BCUT2D eigenvalue weighted by atomic mass is 19.2. The lowest BCUT2D eigenvalue weighted by atomic mass is 10.1. The number of β-amino-alcohol motifs (C(OH)–C–C–N with tert-alkyl or cyclic N) is 1. The molecule has 2 aliphatic rings. The molecular formula is C17H22F3N3O2. The van der Waals surface area contributed by atoms with Crippen LogP contribution in [-0.4, -0.2) is 84.2 Å². The number of halogens is 3. The van der Waals surface area contributed by atoms with Crippen molar-refractivity contribution in [2.45, 2.75) is 18.6 Å². The van der Waals surface area contributed by atoms with Crippen molar-refractivity contribution in [3.05, 3.63) is 35.1 Å². The smallest absolute Gasteiger partial charge is 0.227 e. The Morgan fingerprint density at radius 1 is 1.12 bits per heavy atom. The Balaban J connectivity index is 1.63. The van der Waals surface area contributed by atoms with Gasteiger partial charge in [-0.1, -0.05) is 6.07 Å². The van der Waals surface area contributed by atoms with Gasteiger partial charge in [-0.3, -0.25) is 9.69 Å². The zero-order chi connectivity index (χ0) is 18.1. The molecule has 1 N–H and O–H groups in total. The molecule has 0 aliphatic carbocycles. The van der Waals surface area contributed by atoms with Crippen molar-refractivity contribution in [2.24, 2.45) is 0 Å². The third-order valence-electron chi connectivity index (χ3n) is 5.08. The lowest BCUT2D eigenvalue weighted by Crippen LogP contribution is -2.52. The Morgan fingerprint density at radius 2 is 1.80 bits per heavy atom. The van der Waals surface area contributed by atoms with Crippen molar-refractivity contribution in [3.63, 3.8) is 0 Å². The van der Waals surface area contributed by atoms with Gasteiger partial charge in [-0.15, -0.1) is 0 Å². The molecule has 2 heterocycles. The first kappa shape index (κ1) is 18.2. The summed E-state index contributed by atoms with van der Waals surface area (Å²) in [4.78, 5) is 18.2. The monoisotopic (exact) mass is 357 g/mol. The zero-order valence-electron chi connectivity index (χ0n) is 14.1. The second-order valence-corrected chi connectivity index (χ2v) is 6.78. The number of carbonyl (C=O) groups excluding carboxylic acids is 1. The van der Waals surface area contributed by atoms with Crippen LogP contribution in [0.5, 0.6) is 0 Å². The molecule has 1 aromatic rings. The molecule has 0 bridgehead atoms. The van der Waals surface area contributed by atoms with Gasteiger partial charge in [0.15, 0.2) is 17.5 Å². The molecular weight excluding hydrogens is 335 g/mol. The minimum atomic E-state index is -1.57. The molecule has 5 nitrogen and oxygen atoms in total. The van der Waals surface area contributed by atoms with E-state index >= 15 is 0 Å². The number of amides is 1. The van der Waals surface area contributed by atoms with Gasteiger partial charge in [0, 0.05) is 44.8 Å². The highest BCUT2D eigenvalue weighted by Gasteiger charge is 2.38. The minimum absolute atomic E-state index is 0.146. The maximum Gasteiger partial charge on any atom is 0.227 e. The molecule has 25 heavy (non-hydrogen) atoms. The number of aliphatic hydroxyl groups is 1. The van der Waals surface area contributed by atoms with Gasteiger partial charge in [-0.05, 0) is 13.1 Å². The molecule has 0 saturated carbocycles. The number of hydrogen-bond donors (Lipinski definition) is 1. The van der Waals surface area contributed by atoms with Crippen molar-refractivity contribution >= 4 is 5.91 Å². The van der Waals surface area contributed by atoms with Crippen LogP contribution >= 0.6 is 0 Å². The van der Waals surface area contributed by atoms with E-state index in [0.717, 1.165) is 38.3 Å². The van der Waals surface area contributed by atoms with E-state index in [2.05, 4.69) is 9.80 Å². The van der Waals surface area contributed by atoms with Gasteiger partial charge in [-0.2, -0.15) is 0 Å². The maximum absolute atomic E-state index is 13.7. The number of carbonyl (C=O) groups is 1. The van der Waals surface area contributed by atoms with E-state index in [-0.39, 0.29) is 24.6 Å². The molecule has 3 rings (SSSR count). The molecule has 2 fully saturated rings. The Labute approximate surface area is 144 Å². The average molecular weight is 357 g/mol. The maximum atomic E-state index is 13.7. The van der Waals surface area contributed by atoms with Crippen molar-refractivity contribution in [2.75, 3.05) is 46.3 Å². The summed E-state index contributed by atoms with van der Waals surface area (Å²) in [5.41, 5.74) is -0.179. The first-order valence-electron chi connectivity index (χ1n) is 8.37. The lowest BCUT2D eigenvalue weighted by molar-refractivity contribution is -0.129. The average Bonchev–Trinajstić information content (AvgIpc) is 2.98. The van der Waals surface area contributed by atoms with E-state index in [1.807, 2.05) is 7.05 Å². The number of likely N-dealkylation sites (N-methyl/N-ethyl adjacent to an activating group) is 1. The molecule has 2 atom stereocenters. The summed E-state index contributed by atoms with van der Waals surface area (Å²) >= 11 is 0. The molecule has 0 radical (unpaired) electrons. The lowest BCUT2D eigenvalue weighted by Gasteiger charge is -2.37. The van der Waals surface area contributed by atoms with E-state index in [1.165, 1.54) is 4.90 Å². The van der Waals surface area contributed by atoms with E-state index in [4.69, 9.17) is 0 Å². The summed E-state index contributed by atoms with van der Waals surface area (Å²) in [5.74, 6) is -4.58. The molecule has 1 amide bonds. The predicted molar refractivity (Wildman–Crippen MR) is 85.5 cm³/mol. The summed E-state index contributed by atoms with van der Waals surface area (Å²) in [5, 5.41) is 10.3. The van der Waals surface area contributed by atoms with Gasteiger partial charge in [0.1, 0.15) is 0 Å². The number of rotatable bonds is 3. The molecule has 2 saturated heterocycles. The summed E-state index contributed by atoms with van der Waals surface area (Å²) in [6, 6.07) is 1.75. The topological polar surface area (TPSA) is 47.0 Å². The summed E-state index contributed by atoms with van der Waals surface area (Å²) < 4.78 is 40.0. The van der Waals surface area contributed by atoms with Gasteiger partial charge in [0.25, 0.3) is 0 Å². The van der Waals surface area contributed by atoms with Crippen molar-refractivity contribution in [3.8, 4) is 0 Å². The third-order valence-corrected chi connectivity index (χ3v) is 5.08. The highest BCUT2D eigenvalue weighted by Crippen LogP contribution is 2.21. The second-order valence-electron chi connectivity index (χ2n) is 6.78. The van der Waals surface area contributed by atoms with Crippen LogP contribution < -0.4 is 0 Å². The van der Waals surface area contributed by atoms with Crippen LogP contribution in [0.15, 0.2) is 12.1 Å². The minimum Gasteiger partial charge on any atom is -0.390 e. The van der Waals surface area contributed by atoms with E-state index in [0.29, 0.717) is 6.54 Å². The van der Waals surface area contributed by atoms with Gasteiger partial charge in [-0.25, -0.2) is 13.2 Å². The molecule has 0 aromatic heterocycles. The quantitative estimate of drug-likeness (QED) is 0.799. The first-order valence-corrected chi connectivity index (χ1v) is 8.37. The van der Waals surface area contributed by atoms with Crippen LogP contribution in [0.1, 0.15) is 5.56 Å². The third kappa shape index (κ3) is 3.80. The molecule has 8 heteroatoms. The van der Waals surface area contributed by atoms with Crippen LogP contribution in [0.3, 0.4) is 0 Å².